The number of sulfonamides is 1. The van der Waals surface area contributed by atoms with Crippen LogP contribution in [0.3, 0.4) is 0 Å². The molecule has 0 unspecified atom stereocenters. The number of amides is 1. The lowest BCUT2D eigenvalue weighted by atomic mass is 10.2. The topological polar surface area (TPSA) is 79.0 Å². The van der Waals surface area contributed by atoms with E-state index < -0.39 is 10.0 Å². The van der Waals surface area contributed by atoms with Crippen molar-refractivity contribution < 1.29 is 17.9 Å². The highest BCUT2D eigenvalue weighted by atomic mass is 32.2. The van der Waals surface area contributed by atoms with Crippen LogP contribution >= 0.6 is 0 Å². The first-order valence-corrected chi connectivity index (χ1v) is 13.0. The van der Waals surface area contributed by atoms with Crippen LogP contribution in [-0.4, -0.2) is 52.5 Å². The third-order valence-electron chi connectivity index (χ3n) is 5.85. The molecule has 182 valence electrons. The number of nitrogens with zero attached hydrogens (tertiary/aromatic N) is 2. The van der Waals surface area contributed by atoms with Crippen LogP contribution < -0.4 is 14.4 Å². The predicted molar refractivity (Wildman–Crippen MR) is 140 cm³/mol. The van der Waals surface area contributed by atoms with Gasteiger partial charge in [0.25, 0.3) is 15.9 Å². The van der Waals surface area contributed by atoms with Crippen LogP contribution in [0.15, 0.2) is 84.3 Å². The molecular formula is C27H29N3O4S. The number of ether oxygens (including phenoxy) is 1. The summed E-state index contributed by atoms with van der Waals surface area (Å²) < 4.78 is 32.5. The Balaban J connectivity index is 1.35. The lowest BCUT2D eigenvalue weighted by molar-refractivity contribution is 0.0767. The van der Waals surface area contributed by atoms with E-state index in [9.17, 15) is 13.2 Å². The average molecular weight is 492 g/mol. The lowest BCUT2D eigenvalue weighted by Crippen LogP contribution is -2.35. The number of carbonyl (C=O) groups is 1. The molecule has 1 heterocycles. The quantitative estimate of drug-likeness (QED) is 0.528. The van der Waals surface area contributed by atoms with E-state index in [0.29, 0.717) is 24.3 Å². The van der Waals surface area contributed by atoms with Crippen LogP contribution in [0.2, 0.25) is 0 Å². The first-order valence-electron chi connectivity index (χ1n) is 11.5. The molecule has 1 amide bonds. The minimum Gasteiger partial charge on any atom is -0.497 e. The van der Waals surface area contributed by atoms with E-state index >= 15 is 0 Å². The molecule has 0 bridgehead atoms. The van der Waals surface area contributed by atoms with Crippen LogP contribution in [0.5, 0.6) is 5.75 Å². The SMILES string of the molecule is COc1ccc(N2CCCN(C(=O)c3ccc(NS(=O)(=O)/C=C/c4ccccc4)cc3)CC2)cc1. The van der Waals surface area contributed by atoms with Gasteiger partial charge in [-0.15, -0.1) is 0 Å². The highest BCUT2D eigenvalue weighted by Crippen LogP contribution is 2.21. The molecule has 1 saturated heterocycles. The molecule has 1 fully saturated rings. The zero-order valence-electron chi connectivity index (χ0n) is 19.6. The summed E-state index contributed by atoms with van der Waals surface area (Å²) in [7, 11) is -2.02. The van der Waals surface area contributed by atoms with Gasteiger partial charge in [0.2, 0.25) is 0 Å². The fraction of sp³-hybridized carbons (Fsp3) is 0.222. The highest BCUT2D eigenvalue weighted by molar-refractivity contribution is 7.95. The van der Waals surface area contributed by atoms with Gasteiger partial charge in [0.05, 0.1) is 12.5 Å². The standard InChI is InChI=1S/C27H29N3O4S/c1-34-26-14-12-25(13-15-26)29-17-5-18-30(20-19-29)27(31)23-8-10-24(11-9-23)28-35(32,33)21-16-22-6-3-2-4-7-22/h2-4,6-16,21,28H,5,17-20H2,1H3/b21-16+. The zero-order valence-corrected chi connectivity index (χ0v) is 20.4. The molecule has 0 radical (unpaired) electrons. The first kappa shape index (κ1) is 24.3. The number of benzene rings is 3. The Morgan fingerprint density at radius 1 is 0.886 bits per heavy atom. The Labute approximate surface area is 206 Å². The summed E-state index contributed by atoms with van der Waals surface area (Å²) in [6, 6.07) is 23.7. The van der Waals surface area contributed by atoms with Crippen molar-refractivity contribution in [3.63, 3.8) is 0 Å². The van der Waals surface area contributed by atoms with Gasteiger partial charge in [0.1, 0.15) is 5.75 Å². The van der Waals surface area contributed by atoms with Gasteiger partial charge in [-0.05, 0) is 66.6 Å². The normalized spacial score (nSPS) is 14.5. The van der Waals surface area contributed by atoms with E-state index in [1.165, 1.54) is 6.08 Å². The monoisotopic (exact) mass is 491 g/mol. The molecule has 0 spiro atoms. The number of hydrogen-bond acceptors (Lipinski definition) is 5. The van der Waals surface area contributed by atoms with E-state index in [4.69, 9.17) is 4.74 Å². The molecule has 0 atom stereocenters. The van der Waals surface area contributed by atoms with Crippen molar-refractivity contribution in [3.8, 4) is 5.75 Å². The second-order valence-electron chi connectivity index (χ2n) is 8.27. The van der Waals surface area contributed by atoms with Gasteiger partial charge >= 0.3 is 0 Å². The third kappa shape index (κ3) is 6.64. The average Bonchev–Trinajstić information content (AvgIpc) is 3.14. The number of carbonyl (C=O) groups excluding carboxylic acids is 1. The number of nitrogens with one attached hydrogen (secondary N) is 1. The Kier molecular flexibility index (Phi) is 7.72. The van der Waals surface area contributed by atoms with E-state index in [-0.39, 0.29) is 5.91 Å². The summed E-state index contributed by atoms with van der Waals surface area (Å²) in [6.45, 7) is 2.89. The minimum absolute atomic E-state index is 0.0556. The molecule has 8 heteroatoms. The molecule has 4 rings (SSSR count). The van der Waals surface area contributed by atoms with Gasteiger partial charge in [-0.3, -0.25) is 9.52 Å². The fourth-order valence-corrected chi connectivity index (χ4v) is 4.83. The van der Waals surface area contributed by atoms with Crippen LogP contribution in [0.25, 0.3) is 6.08 Å². The third-order valence-corrected chi connectivity index (χ3v) is 6.87. The lowest BCUT2D eigenvalue weighted by Gasteiger charge is -2.24. The van der Waals surface area contributed by atoms with Crippen molar-refractivity contribution >= 4 is 33.4 Å². The Morgan fingerprint density at radius 3 is 2.29 bits per heavy atom. The second kappa shape index (κ2) is 11.1. The van der Waals surface area contributed by atoms with Gasteiger partial charge < -0.3 is 14.5 Å². The van der Waals surface area contributed by atoms with E-state index in [1.807, 2.05) is 59.5 Å². The Morgan fingerprint density at radius 2 is 1.60 bits per heavy atom. The van der Waals surface area contributed by atoms with E-state index in [2.05, 4.69) is 9.62 Å². The van der Waals surface area contributed by atoms with Gasteiger partial charge in [0.15, 0.2) is 0 Å². The number of rotatable bonds is 7. The first-order chi connectivity index (χ1) is 16.9. The Hall–Kier alpha value is -3.78. The number of methoxy groups -OCH3 is 1. The van der Waals surface area contributed by atoms with Gasteiger partial charge in [0, 0.05) is 43.1 Å². The maximum atomic E-state index is 13.1. The summed E-state index contributed by atoms with van der Waals surface area (Å²) in [5, 5.41) is 1.13. The molecule has 1 N–H and O–H groups in total. The van der Waals surface area contributed by atoms with Crippen LogP contribution in [0.4, 0.5) is 11.4 Å². The van der Waals surface area contributed by atoms with Crippen LogP contribution in [0, 0.1) is 0 Å². The van der Waals surface area contributed by atoms with Crippen molar-refractivity contribution in [2.45, 2.75) is 6.42 Å². The number of anilines is 2. The molecule has 0 aliphatic carbocycles. The summed E-state index contributed by atoms with van der Waals surface area (Å²) >= 11 is 0. The van der Waals surface area contributed by atoms with Crippen LogP contribution in [-0.2, 0) is 10.0 Å². The number of hydrogen-bond donors (Lipinski definition) is 1. The minimum atomic E-state index is -3.67. The second-order valence-corrected chi connectivity index (χ2v) is 9.83. The molecule has 35 heavy (non-hydrogen) atoms. The molecular weight excluding hydrogens is 462 g/mol. The van der Waals surface area contributed by atoms with Crippen molar-refractivity contribution in [3.05, 3.63) is 95.4 Å². The van der Waals surface area contributed by atoms with Crippen molar-refractivity contribution in [2.75, 3.05) is 42.9 Å². The zero-order chi connectivity index (χ0) is 24.7. The van der Waals surface area contributed by atoms with E-state index in [0.717, 1.165) is 41.9 Å². The molecule has 0 aromatic heterocycles. The van der Waals surface area contributed by atoms with Crippen molar-refractivity contribution in [1.82, 2.24) is 4.90 Å². The molecule has 7 nitrogen and oxygen atoms in total. The largest absolute Gasteiger partial charge is 0.497 e. The fourth-order valence-electron chi connectivity index (χ4n) is 3.97. The summed E-state index contributed by atoms with van der Waals surface area (Å²) in [4.78, 5) is 17.2. The summed E-state index contributed by atoms with van der Waals surface area (Å²) in [5.74, 6) is 0.762. The Bertz CT molecular complexity index is 1260. The summed E-state index contributed by atoms with van der Waals surface area (Å²) in [6.07, 6.45) is 2.40. The molecule has 3 aromatic rings. The van der Waals surface area contributed by atoms with Crippen LogP contribution in [0.1, 0.15) is 22.3 Å². The van der Waals surface area contributed by atoms with Gasteiger partial charge in [-0.2, -0.15) is 0 Å². The van der Waals surface area contributed by atoms with Gasteiger partial charge in [-0.25, -0.2) is 8.42 Å². The van der Waals surface area contributed by atoms with Crippen molar-refractivity contribution in [2.24, 2.45) is 0 Å². The highest BCUT2D eigenvalue weighted by Gasteiger charge is 2.21. The molecule has 0 saturated carbocycles. The van der Waals surface area contributed by atoms with Gasteiger partial charge in [-0.1, -0.05) is 30.3 Å². The predicted octanol–water partition coefficient (Wildman–Crippen LogP) is 4.46. The van der Waals surface area contributed by atoms with Crippen molar-refractivity contribution in [1.29, 1.82) is 0 Å². The summed E-state index contributed by atoms with van der Waals surface area (Å²) in [5.41, 5.74) is 2.84. The smallest absolute Gasteiger partial charge is 0.255 e. The maximum Gasteiger partial charge on any atom is 0.255 e. The molecule has 3 aromatic carbocycles. The van der Waals surface area contributed by atoms with E-state index in [1.54, 1.807) is 31.4 Å². The molecule has 1 aliphatic rings. The maximum absolute atomic E-state index is 13.1. The molecule has 1 aliphatic heterocycles.